The highest BCUT2D eigenvalue weighted by Gasteiger charge is 2.04. The number of aliphatic hydroxyl groups excluding tert-OH is 1. The van der Waals surface area contributed by atoms with Gasteiger partial charge in [-0.1, -0.05) is 12.1 Å². The predicted molar refractivity (Wildman–Crippen MR) is 44.1 cm³/mol. The molecule has 0 unspecified atom stereocenters. The maximum absolute atomic E-state index is 13.1. The van der Waals surface area contributed by atoms with Gasteiger partial charge in [-0.05, 0) is 12.3 Å². The Bertz CT molecular complexity index is 228. The van der Waals surface area contributed by atoms with Gasteiger partial charge in [0, 0.05) is 10.5 Å². The fourth-order valence-electron chi connectivity index (χ4n) is 0.836. The van der Waals surface area contributed by atoms with E-state index in [1.54, 1.807) is 24.5 Å². The number of hydrogen-bond donors (Lipinski definition) is 1. The topological polar surface area (TPSA) is 20.2 Å². The molecule has 1 aromatic carbocycles. The zero-order valence-electron chi connectivity index (χ0n) is 6.17. The zero-order valence-corrected chi connectivity index (χ0v) is 6.99. The Hall–Kier alpha value is -0.540. The molecular weight excluding hydrogens is 163 g/mol. The van der Waals surface area contributed by atoms with Gasteiger partial charge in [-0.25, -0.2) is 4.39 Å². The van der Waals surface area contributed by atoms with E-state index in [1.807, 2.05) is 0 Å². The molecule has 0 amide bonds. The third kappa shape index (κ3) is 1.73. The summed E-state index contributed by atoms with van der Waals surface area (Å²) in [4.78, 5) is 0.580. The number of hydrogen-bond acceptors (Lipinski definition) is 2. The van der Waals surface area contributed by atoms with Crippen LogP contribution in [0.2, 0.25) is 0 Å². The molecule has 0 aliphatic carbocycles. The van der Waals surface area contributed by atoms with Crippen molar-refractivity contribution in [2.75, 3.05) is 6.26 Å². The SMILES string of the molecule is CSc1cccc(CO)c1F. The number of benzene rings is 1. The number of aliphatic hydroxyl groups is 1. The van der Waals surface area contributed by atoms with Crippen LogP contribution in [-0.2, 0) is 6.61 Å². The van der Waals surface area contributed by atoms with E-state index in [4.69, 9.17) is 5.11 Å². The van der Waals surface area contributed by atoms with Gasteiger partial charge in [0.2, 0.25) is 0 Å². The largest absolute Gasteiger partial charge is 0.392 e. The average Bonchev–Trinajstić information content (AvgIpc) is 2.05. The molecule has 0 aromatic heterocycles. The molecule has 1 rings (SSSR count). The fourth-order valence-corrected chi connectivity index (χ4v) is 1.36. The van der Waals surface area contributed by atoms with Crippen LogP contribution in [0.3, 0.4) is 0 Å². The highest BCUT2D eigenvalue weighted by Crippen LogP contribution is 2.21. The lowest BCUT2D eigenvalue weighted by atomic mass is 10.2. The molecule has 0 aliphatic rings. The molecule has 0 heterocycles. The van der Waals surface area contributed by atoms with Gasteiger partial charge < -0.3 is 5.11 Å². The molecule has 60 valence electrons. The van der Waals surface area contributed by atoms with Crippen LogP contribution in [-0.4, -0.2) is 11.4 Å². The van der Waals surface area contributed by atoms with E-state index >= 15 is 0 Å². The smallest absolute Gasteiger partial charge is 0.142 e. The van der Waals surface area contributed by atoms with E-state index in [2.05, 4.69) is 0 Å². The van der Waals surface area contributed by atoms with E-state index in [0.29, 0.717) is 10.5 Å². The summed E-state index contributed by atoms with van der Waals surface area (Å²) in [7, 11) is 0. The lowest BCUT2D eigenvalue weighted by Crippen LogP contribution is -1.90. The zero-order chi connectivity index (χ0) is 8.27. The molecule has 1 N–H and O–H groups in total. The molecule has 0 saturated carbocycles. The van der Waals surface area contributed by atoms with Crippen molar-refractivity contribution in [1.29, 1.82) is 0 Å². The molecule has 0 saturated heterocycles. The monoisotopic (exact) mass is 172 g/mol. The van der Waals surface area contributed by atoms with Crippen LogP contribution < -0.4 is 0 Å². The molecule has 0 radical (unpaired) electrons. The number of halogens is 1. The summed E-state index contributed by atoms with van der Waals surface area (Å²) >= 11 is 1.34. The third-order valence-electron chi connectivity index (χ3n) is 1.43. The molecule has 0 spiro atoms. The van der Waals surface area contributed by atoms with Crippen LogP contribution in [0.4, 0.5) is 4.39 Å². The van der Waals surface area contributed by atoms with Gasteiger partial charge in [0.15, 0.2) is 0 Å². The number of rotatable bonds is 2. The molecule has 1 nitrogen and oxygen atoms in total. The first-order valence-electron chi connectivity index (χ1n) is 3.22. The lowest BCUT2D eigenvalue weighted by molar-refractivity contribution is 0.274. The van der Waals surface area contributed by atoms with E-state index in [1.165, 1.54) is 11.8 Å². The van der Waals surface area contributed by atoms with Gasteiger partial charge in [-0.2, -0.15) is 0 Å². The molecule has 0 atom stereocenters. The maximum atomic E-state index is 13.1. The minimum Gasteiger partial charge on any atom is -0.392 e. The number of thioether (sulfide) groups is 1. The van der Waals surface area contributed by atoms with Crippen LogP contribution in [0, 0.1) is 5.82 Å². The minimum atomic E-state index is -0.303. The van der Waals surface area contributed by atoms with Crippen LogP contribution in [0.15, 0.2) is 23.1 Å². The van der Waals surface area contributed by atoms with Crippen molar-refractivity contribution in [1.82, 2.24) is 0 Å². The summed E-state index contributed by atoms with van der Waals surface area (Å²) in [5, 5.41) is 8.69. The van der Waals surface area contributed by atoms with Crippen molar-refractivity contribution in [2.24, 2.45) is 0 Å². The van der Waals surface area contributed by atoms with Crippen molar-refractivity contribution in [2.45, 2.75) is 11.5 Å². The van der Waals surface area contributed by atoms with Gasteiger partial charge in [0.05, 0.1) is 6.61 Å². The Kier molecular flexibility index (Phi) is 2.91. The van der Waals surface area contributed by atoms with Crippen LogP contribution >= 0.6 is 11.8 Å². The molecule has 0 fully saturated rings. The second-order valence-electron chi connectivity index (χ2n) is 2.09. The summed E-state index contributed by atoms with van der Waals surface area (Å²) in [6, 6.07) is 5.01. The molecule has 3 heteroatoms. The summed E-state index contributed by atoms with van der Waals surface area (Å²) < 4.78 is 13.1. The molecule has 0 bridgehead atoms. The Balaban J connectivity index is 3.10. The summed E-state index contributed by atoms with van der Waals surface area (Å²) in [5.41, 5.74) is 0.358. The fraction of sp³-hybridized carbons (Fsp3) is 0.250. The van der Waals surface area contributed by atoms with Gasteiger partial charge in [-0.15, -0.1) is 11.8 Å². The maximum Gasteiger partial charge on any atom is 0.142 e. The first-order valence-corrected chi connectivity index (χ1v) is 4.44. The summed E-state index contributed by atoms with van der Waals surface area (Å²) in [5.74, 6) is -0.303. The Labute approximate surface area is 69.2 Å². The van der Waals surface area contributed by atoms with E-state index < -0.39 is 0 Å². The van der Waals surface area contributed by atoms with Gasteiger partial charge in [-0.3, -0.25) is 0 Å². The van der Waals surface area contributed by atoms with E-state index in [-0.39, 0.29) is 12.4 Å². The second-order valence-corrected chi connectivity index (χ2v) is 2.94. The predicted octanol–water partition coefficient (Wildman–Crippen LogP) is 2.04. The molecule has 1 aromatic rings. The van der Waals surface area contributed by atoms with Crippen LogP contribution in [0.25, 0.3) is 0 Å². The highest BCUT2D eigenvalue weighted by molar-refractivity contribution is 7.98. The van der Waals surface area contributed by atoms with Crippen molar-refractivity contribution in [3.63, 3.8) is 0 Å². The quantitative estimate of drug-likeness (QED) is 0.689. The van der Waals surface area contributed by atoms with E-state index in [9.17, 15) is 4.39 Å². The van der Waals surface area contributed by atoms with Crippen LogP contribution in [0.1, 0.15) is 5.56 Å². The van der Waals surface area contributed by atoms with Crippen molar-refractivity contribution in [3.8, 4) is 0 Å². The van der Waals surface area contributed by atoms with Crippen molar-refractivity contribution in [3.05, 3.63) is 29.6 Å². The second kappa shape index (κ2) is 3.74. The molecular formula is C8H9FOS. The Morgan fingerprint density at radius 3 is 2.82 bits per heavy atom. The van der Waals surface area contributed by atoms with Crippen LogP contribution in [0.5, 0.6) is 0 Å². The standard InChI is InChI=1S/C8H9FOS/c1-11-7-4-2-3-6(5-10)8(7)9/h2-4,10H,5H2,1H3. The Morgan fingerprint density at radius 2 is 2.27 bits per heavy atom. The Morgan fingerprint density at radius 1 is 1.55 bits per heavy atom. The molecule has 11 heavy (non-hydrogen) atoms. The third-order valence-corrected chi connectivity index (χ3v) is 2.19. The average molecular weight is 172 g/mol. The van der Waals surface area contributed by atoms with Gasteiger partial charge >= 0.3 is 0 Å². The summed E-state index contributed by atoms with van der Waals surface area (Å²) in [6.07, 6.45) is 1.81. The van der Waals surface area contributed by atoms with Crippen molar-refractivity contribution < 1.29 is 9.50 Å². The molecule has 0 aliphatic heterocycles. The lowest BCUT2D eigenvalue weighted by Gasteiger charge is -2.02. The first-order chi connectivity index (χ1) is 5.29. The van der Waals surface area contributed by atoms with Gasteiger partial charge in [0.1, 0.15) is 5.82 Å². The van der Waals surface area contributed by atoms with Crippen molar-refractivity contribution >= 4 is 11.8 Å². The first kappa shape index (κ1) is 8.56. The highest BCUT2D eigenvalue weighted by atomic mass is 32.2. The van der Waals surface area contributed by atoms with Gasteiger partial charge in [0.25, 0.3) is 0 Å². The van der Waals surface area contributed by atoms with E-state index in [0.717, 1.165) is 0 Å². The summed E-state index contributed by atoms with van der Waals surface area (Å²) in [6.45, 7) is -0.236. The normalized spacial score (nSPS) is 10.1. The minimum absolute atomic E-state index is 0.236.